The van der Waals surface area contributed by atoms with E-state index in [0.717, 1.165) is 11.9 Å². The Bertz CT molecular complexity index is 1100. The van der Waals surface area contributed by atoms with Gasteiger partial charge in [0.15, 0.2) is 15.0 Å². The number of hydrogen-bond donors (Lipinski definition) is 1. The van der Waals surface area contributed by atoms with Crippen LogP contribution in [0.3, 0.4) is 0 Å². The number of anilines is 2. The van der Waals surface area contributed by atoms with Gasteiger partial charge in [-0.15, -0.1) is 11.3 Å². The number of rotatable bonds is 6. The first-order valence-corrected chi connectivity index (χ1v) is 11.3. The molecule has 3 rings (SSSR count). The third-order valence-corrected chi connectivity index (χ3v) is 6.11. The molecule has 0 spiro atoms. The quantitative estimate of drug-likeness (QED) is 0.604. The standard InChI is InChI=1S/C20H20N2O4S2/c1-13-4-7-16(10-14(13)2)21-20-22-17(12-27-20)11-26-19(23)15-5-8-18(9-6-15)28(3,24)25/h4-10,12H,11H2,1-3H3,(H,21,22). The molecule has 146 valence electrons. The van der Waals surface area contributed by atoms with Crippen molar-refractivity contribution in [2.45, 2.75) is 25.3 Å². The van der Waals surface area contributed by atoms with E-state index in [2.05, 4.69) is 30.2 Å². The maximum atomic E-state index is 12.1. The Hall–Kier alpha value is -2.71. The summed E-state index contributed by atoms with van der Waals surface area (Å²) in [5.74, 6) is -0.531. The van der Waals surface area contributed by atoms with Crippen LogP contribution in [0, 0.1) is 13.8 Å². The monoisotopic (exact) mass is 416 g/mol. The molecule has 0 aliphatic rings. The van der Waals surface area contributed by atoms with E-state index in [1.54, 1.807) is 0 Å². The van der Waals surface area contributed by atoms with Gasteiger partial charge in [-0.25, -0.2) is 18.2 Å². The van der Waals surface area contributed by atoms with Gasteiger partial charge in [-0.3, -0.25) is 0 Å². The Balaban J connectivity index is 1.59. The van der Waals surface area contributed by atoms with E-state index in [0.29, 0.717) is 10.8 Å². The number of thiazole rings is 1. The average molecular weight is 417 g/mol. The van der Waals surface area contributed by atoms with Crippen molar-refractivity contribution >= 4 is 38.0 Å². The number of esters is 1. The molecule has 6 nitrogen and oxygen atoms in total. The summed E-state index contributed by atoms with van der Waals surface area (Å²) in [7, 11) is -3.30. The summed E-state index contributed by atoms with van der Waals surface area (Å²) in [6, 6.07) is 11.7. The zero-order chi connectivity index (χ0) is 20.3. The summed E-state index contributed by atoms with van der Waals surface area (Å²) in [4.78, 5) is 16.7. The molecule has 0 radical (unpaired) electrons. The van der Waals surface area contributed by atoms with Gasteiger partial charge in [0.05, 0.1) is 16.2 Å². The van der Waals surface area contributed by atoms with Gasteiger partial charge in [0.25, 0.3) is 0 Å². The molecule has 0 unspecified atom stereocenters. The van der Waals surface area contributed by atoms with Crippen molar-refractivity contribution in [1.82, 2.24) is 4.98 Å². The Morgan fingerprint density at radius 2 is 1.82 bits per heavy atom. The van der Waals surface area contributed by atoms with E-state index in [-0.39, 0.29) is 17.1 Å². The molecule has 0 atom stereocenters. The Morgan fingerprint density at radius 3 is 2.46 bits per heavy atom. The molecule has 1 N–H and O–H groups in total. The third kappa shape index (κ3) is 4.96. The molecule has 0 aliphatic heterocycles. The van der Waals surface area contributed by atoms with Crippen LogP contribution >= 0.6 is 11.3 Å². The van der Waals surface area contributed by atoms with E-state index in [9.17, 15) is 13.2 Å². The van der Waals surface area contributed by atoms with Crippen molar-refractivity contribution in [3.8, 4) is 0 Å². The highest BCUT2D eigenvalue weighted by Gasteiger charge is 2.12. The first-order valence-electron chi connectivity index (χ1n) is 8.48. The van der Waals surface area contributed by atoms with E-state index in [4.69, 9.17) is 4.74 Å². The molecule has 3 aromatic rings. The molecule has 0 bridgehead atoms. The molecule has 0 saturated heterocycles. The minimum absolute atomic E-state index is 0.0395. The smallest absolute Gasteiger partial charge is 0.338 e. The molecule has 0 saturated carbocycles. The van der Waals surface area contributed by atoms with Gasteiger partial charge in [-0.2, -0.15) is 0 Å². The number of hydrogen-bond acceptors (Lipinski definition) is 7. The number of nitrogens with one attached hydrogen (secondary N) is 1. The fraction of sp³-hybridized carbons (Fsp3) is 0.200. The minimum Gasteiger partial charge on any atom is -0.456 e. The van der Waals surface area contributed by atoms with E-state index in [1.165, 1.54) is 46.7 Å². The largest absolute Gasteiger partial charge is 0.456 e. The normalized spacial score (nSPS) is 11.2. The second kappa shape index (κ2) is 8.12. The molecular weight excluding hydrogens is 396 g/mol. The SMILES string of the molecule is Cc1ccc(Nc2nc(COC(=O)c3ccc(S(C)(=O)=O)cc3)cs2)cc1C. The van der Waals surface area contributed by atoms with Crippen LogP contribution in [-0.2, 0) is 21.2 Å². The van der Waals surface area contributed by atoms with Crippen LogP contribution in [0.15, 0.2) is 52.7 Å². The van der Waals surface area contributed by atoms with Gasteiger partial charge in [0.1, 0.15) is 6.61 Å². The van der Waals surface area contributed by atoms with Gasteiger partial charge in [-0.1, -0.05) is 6.07 Å². The van der Waals surface area contributed by atoms with Crippen LogP contribution in [0.2, 0.25) is 0 Å². The van der Waals surface area contributed by atoms with Crippen molar-refractivity contribution in [2.75, 3.05) is 11.6 Å². The lowest BCUT2D eigenvalue weighted by Crippen LogP contribution is -2.06. The van der Waals surface area contributed by atoms with Gasteiger partial charge in [0, 0.05) is 17.3 Å². The topological polar surface area (TPSA) is 85.4 Å². The molecule has 0 fully saturated rings. The summed E-state index contributed by atoms with van der Waals surface area (Å²) < 4.78 is 28.2. The molecule has 1 heterocycles. The molecule has 8 heteroatoms. The van der Waals surface area contributed by atoms with Crippen LogP contribution in [0.25, 0.3) is 0 Å². The van der Waals surface area contributed by atoms with Crippen LogP contribution in [-0.4, -0.2) is 25.6 Å². The van der Waals surface area contributed by atoms with Gasteiger partial charge in [-0.05, 0) is 61.4 Å². The second-order valence-electron chi connectivity index (χ2n) is 6.44. The highest BCUT2D eigenvalue weighted by Crippen LogP contribution is 2.23. The van der Waals surface area contributed by atoms with E-state index >= 15 is 0 Å². The number of nitrogens with zero attached hydrogens (tertiary/aromatic N) is 1. The molecule has 2 aromatic carbocycles. The van der Waals surface area contributed by atoms with Gasteiger partial charge in [0.2, 0.25) is 0 Å². The van der Waals surface area contributed by atoms with Crippen molar-refractivity contribution in [2.24, 2.45) is 0 Å². The second-order valence-corrected chi connectivity index (χ2v) is 9.31. The number of carbonyl (C=O) groups is 1. The predicted octanol–water partition coefficient (Wildman–Crippen LogP) is 4.26. The van der Waals surface area contributed by atoms with E-state index in [1.807, 2.05) is 17.5 Å². The number of carbonyl (C=O) groups excluding carboxylic acids is 1. The predicted molar refractivity (Wildman–Crippen MR) is 110 cm³/mol. The molecule has 28 heavy (non-hydrogen) atoms. The summed E-state index contributed by atoms with van der Waals surface area (Å²) >= 11 is 1.43. The van der Waals surface area contributed by atoms with Crippen LogP contribution in [0.1, 0.15) is 27.2 Å². The fourth-order valence-corrected chi connectivity index (χ4v) is 3.78. The van der Waals surface area contributed by atoms with Crippen molar-refractivity contribution in [1.29, 1.82) is 0 Å². The first-order chi connectivity index (χ1) is 13.2. The lowest BCUT2D eigenvalue weighted by Gasteiger charge is -2.06. The van der Waals surface area contributed by atoms with Gasteiger partial charge < -0.3 is 10.1 Å². The first kappa shape index (κ1) is 20.0. The zero-order valence-corrected chi connectivity index (χ0v) is 17.4. The third-order valence-electron chi connectivity index (χ3n) is 4.18. The summed E-state index contributed by atoms with van der Waals surface area (Å²) in [6.07, 6.45) is 1.12. The number of ether oxygens (including phenoxy) is 1. The number of benzene rings is 2. The highest BCUT2D eigenvalue weighted by atomic mass is 32.2. The molecule has 1 aromatic heterocycles. The van der Waals surface area contributed by atoms with Crippen molar-refractivity contribution in [3.63, 3.8) is 0 Å². The highest BCUT2D eigenvalue weighted by molar-refractivity contribution is 7.90. The average Bonchev–Trinajstić information content (AvgIpc) is 3.09. The van der Waals surface area contributed by atoms with Crippen molar-refractivity contribution in [3.05, 3.63) is 70.2 Å². The lowest BCUT2D eigenvalue weighted by molar-refractivity contribution is 0.0468. The van der Waals surface area contributed by atoms with Gasteiger partial charge >= 0.3 is 5.97 Å². The molecule has 0 amide bonds. The maximum Gasteiger partial charge on any atom is 0.338 e. The number of aryl methyl sites for hydroxylation is 2. The Kier molecular flexibility index (Phi) is 5.81. The summed E-state index contributed by atoms with van der Waals surface area (Å²) in [6.45, 7) is 4.15. The van der Waals surface area contributed by atoms with Crippen molar-refractivity contribution < 1.29 is 17.9 Å². The maximum absolute atomic E-state index is 12.1. The fourth-order valence-electron chi connectivity index (χ4n) is 2.43. The lowest BCUT2D eigenvalue weighted by atomic mass is 10.1. The summed E-state index contributed by atoms with van der Waals surface area (Å²) in [5, 5.41) is 5.78. The Morgan fingerprint density at radius 1 is 1.11 bits per heavy atom. The van der Waals surface area contributed by atoms with Crippen LogP contribution < -0.4 is 5.32 Å². The van der Waals surface area contributed by atoms with Crippen LogP contribution in [0.5, 0.6) is 0 Å². The summed E-state index contributed by atoms with van der Waals surface area (Å²) in [5.41, 5.74) is 4.29. The number of sulfone groups is 1. The minimum atomic E-state index is -3.30. The Labute approximate surface area is 168 Å². The number of aromatic nitrogens is 1. The van der Waals surface area contributed by atoms with E-state index < -0.39 is 15.8 Å². The van der Waals surface area contributed by atoms with Crippen LogP contribution in [0.4, 0.5) is 10.8 Å². The zero-order valence-electron chi connectivity index (χ0n) is 15.7. The molecular formula is C20H20N2O4S2. The molecule has 0 aliphatic carbocycles.